The van der Waals surface area contributed by atoms with Crippen molar-refractivity contribution in [3.05, 3.63) is 47.6 Å². The molecule has 0 aliphatic heterocycles. The second-order valence-corrected chi connectivity index (χ2v) is 4.21. The SMILES string of the molecule is Cc1noc(CNCC(CN)c2ccccc2)n1. The van der Waals surface area contributed by atoms with Crippen molar-refractivity contribution in [3.8, 4) is 0 Å². The number of benzene rings is 1. The molecular formula is C13H18N4O. The van der Waals surface area contributed by atoms with Crippen molar-refractivity contribution in [2.75, 3.05) is 13.1 Å². The van der Waals surface area contributed by atoms with Crippen LogP contribution in [-0.4, -0.2) is 23.2 Å². The van der Waals surface area contributed by atoms with E-state index in [2.05, 4.69) is 27.6 Å². The van der Waals surface area contributed by atoms with Crippen LogP contribution >= 0.6 is 0 Å². The number of rotatable bonds is 6. The van der Waals surface area contributed by atoms with Crippen molar-refractivity contribution in [2.24, 2.45) is 5.73 Å². The van der Waals surface area contributed by atoms with E-state index in [0.717, 1.165) is 6.54 Å². The van der Waals surface area contributed by atoms with Gasteiger partial charge in [-0.3, -0.25) is 0 Å². The van der Waals surface area contributed by atoms with Crippen LogP contribution in [0, 0.1) is 6.92 Å². The van der Waals surface area contributed by atoms with Crippen LogP contribution in [0.3, 0.4) is 0 Å². The van der Waals surface area contributed by atoms with Crippen LogP contribution in [0.15, 0.2) is 34.9 Å². The normalized spacial score (nSPS) is 12.6. The highest BCUT2D eigenvalue weighted by Gasteiger charge is 2.09. The molecule has 1 atom stereocenters. The van der Waals surface area contributed by atoms with Crippen molar-refractivity contribution in [1.82, 2.24) is 15.5 Å². The Labute approximate surface area is 106 Å². The zero-order valence-electron chi connectivity index (χ0n) is 10.5. The molecule has 2 aromatic rings. The molecule has 18 heavy (non-hydrogen) atoms. The van der Waals surface area contributed by atoms with Crippen LogP contribution in [0.25, 0.3) is 0 Å². The summed E-state index contributed by atoms with van der Waals surface area (Å²) in [6.07, 6.45) is 0. The summed E-state index contributed by atoms with van der Waals surface area (Å²) in [6.45, 7) is 3.78. The standard InChI is InChI=1S/C13H18N4O/c1-10-16-13(18-17-10)9-15-8-12(7-14)11-5-3-2-4-6-11/h2-6,12,15H,7-9,14H2,1H3. The lowest BCUT2D eigenvalue weighted by Gasteiger charge is -2.15. The van der Waals surface area contributed by atoms with Crippen molar-refractivity contribution >= 4 is 0 Å². The molecule has 3 N–H and O–H groups in total. The highest BCUT2D eigenvalue weighted by Crippen LogP contribution is 2.12. The third-order valence-corrected chi connectivity index (χ3v) is 2.79. The van der Waals surface area contributed by atoms with Gasteiger partial charge in [0.05, 0.1) is 6.54 Å². The molecule has 1 aromatic carbocycles. The fourth-order valence-electron chi connectivity index (χ4n) is 1.83. The first-order valence-electron chi connectivity index (χ1n) is 6.04. The molecule has 0 aliphatic carbocycles. The summed E-state index contributed by atoms with van der Waals surface area (Å²) in [5.74, 6) is 1.57. The first-order valence-corrected chi connectivity index (χ1v) is 6.04. The fourth-order valence-corrected chi connectivity index (χ4v) is 1.83. The zero-order valence-corrected chi connectivity index (χ0v) is 10.5. The first-order chi connectivity index (χ1) is 8.79. The number of nitrogens with zero attached hydrogens (tertiary/aromatic N) is 2. The number of nitrogens with one attached hydrogen (secondary N) is 1. The quantitative estimate of drug-likeness (QED) is 0.801. The Balaban J connectivity index is 1.84. The molecule has 0 spiro atoms. The predicted octanol–water partition coefficient (Wildman–Crippen LogP) is 1.21. The minimum Gasteiger partial charge on any atom is -0.338 e. The van der Waals surface area contributed by atoms with Gasteiger partial charge in [-0.05, 0) is 12.5 Å². The van der Waals surface area contributed by atoms with Gasteiger partial charge < -0.3 is 15.6 Å². The van der Waals surface area contributed by atoms with E-state index in [1.54, 1.807) is 6.92 Å². The van der Waals surface area contributed by atoms with Crippen LogP contribution in [0.1, 0.15) is 23.2 Å². The molecule has 0 fully saturated rings. The summed E-state index contributed by atoms with van der Waals surface area (Å²) in [5, 5.41) is 7.03. The summed E-state index contributed by atoms with van der Waals surface area (Å²) in [6, 6.07) is 10.2. The van der Waals surface area contributed by atoms with Crippen molar-refractivity contribution in [1.29, 1.82) is 0 Å². The largest absolute Gasteiger partial charge is 0.338 e. The van der Waals surface area contributed by atoms with E-state index in [9.17, 15) is 0 Å². The molecule has 0 saturated carbocycles. The summed E-state index contributed by atoms with van der Waals surface area (Å²) < 4.78 is 5.03. The number of aryl methyl sites for hydroxylation is 1. The molecule has 1 unspecified atom stereocenters. The molecular weight excluding hydrogens is 228 g/mol. The Morgan fingerprint density at radius 2 is 2.11 bits per heavy atom. The Hall–Kier alpha value is -1.72. The van der Waals surface area contributed by atoms with E-state index in [0.29, 0.717) is 30.7 Å². The fraction of sp³-hybridized carbons (Fsp3) is 0.385. The Morgan fingerprint density at radius 3 is 2.72 bits per heavy atom. The average molecular weight is 246 g/mol. The molecule has 96 valence electrons. The van der Waals surface area contributed by atoms with Gasteiger partial charge in [0.1, 0.15) is 0 Å². The van der Waals surface area contributed by atoms with Gasteiger partial charge >= 0.3 is 0 Å². The zero-order chi connectivity index (χ0) is 12.8. The van der Waals surface area contributed by atoms with E-state index in [-0.39, 0.29) is 0 Å². The van der Waals surface area contributed by atoms with Gasteiger partial charge in [0.15, 0.2) is 5.82 Å². The Kier molecular flexibility index (Phi) is 4.44. The van der Waals surface area contributed by atoms with Gasteiger partial charge in [-0.1, -0.05) is 35.5 Å². The topological polar surface area (TPSA) is 77.0 Å². The smallest absolute Gasteiger partial charge is 0.240 e. The van der Waals surface area contributed by atoms with E-state index in [1.807, 2.05) is 18.2 Å². The van der Waals surface area contributed by atoms with Crippen molar-refractivity contribution < 1.29 is 4.52 Å². The van der Waals surface area contributed by atoms with Crippen LogP contribution in [-0.2, 0) is 6.54 Å². The number of hydrogen-bond donors (Lipinski definition) is 2. The maximum Gasteiger partial charge on any atom is 0.240 e. The van der Waals surface area contributed by atoms with Crippen LogP contribution in [0.2, 0.25) is 0 Å². The predicted molar refractivity (Wildman–Crippen MR) is 69.0 cm³/mol. The molecule has 0 bridgehead atoms. The maximum atomic E-state index is 5.80. The van der Waals surface area contributed by atoms with Gasteiger partial charge in [-0.2, -0.15) is 4.98 Å². The highest BCUT2D eigenvalue weighted by atomic mass is 16.5. The third-order valence-electron chi connectivity index (χ3n) is 2.79. The number of nitrogens with two attached hydrogens (primary N) is 1. The molecule has 0 amide bonds. The molecule has 5 heteroatoms. The summed E-state index contributed by atoms with van der Waals surface area (Å²) in [4.78, 5) is 4.13. The molecule has 0 saturated heterocycles. The molecule has 0 radical (unpaired) electrons. The molecule has 2 rings (SSSR count). The van der Waals surface area contributed by atoms with E-state index < -0.39 is 0 Å². The highest BCUT2D eigenvalue weighted by molar-refractivity contribution is 5.20. The number of aromatic nitrogens is 2. The lowest BCUT2D eigenvalue weighted by atomic mass is 9.99. The molecule has 0 aliphatic rings. The lowest BCUT2D eigenvalue weighted by molar-refractivity contribution is 0.362. The van der Waals surface area contributed by atoms with E-state index in [1.165, 1.54) is 5.56 Å². The van der Waals surface area contributed by atoms with Gasteiger partial charge in [-0.25, -0.2) is 0 Å². The summed E-state index contributed by atoms with van der Waals surface area (Å²) in [7, 11) is 0. The third kappa shape index (κ3) is 3.38. The van der Waals surface area contributed by atoms with Crippen LogP contribution < -0.4 is 11.1 Å². The Bertz CT molecular complexity index is 469. The Morgan fingerprint density at radius 1 is 1.33 bits per heavy atom. The minimum atomic E-state index is 0.301. The number of hydrogen-bond acceptors (Lipinski definition) is 5. The molecule has 1 aromatic heterocycles. The van der Waals surface area contributed by atoms with E-state index in [4.69, 9.17) is 10.3 Å². The second-order valence-electron chi connectivity index (χ2n) is 4.21. The van der Waals surface area contributed by atoms with Crippen molar-refractivity contribution in [3.63, 3.8) is 0 Å². The van der Waals surface area contributed by atoms with Gasteiger partial charge in [0.2, 0.25) is 5.89 Å². The first kappa shape index (κ1) is 12.7. The van der Waals surface area contributed by atoms with Gasteiger partial charge in [-0.15, -0.1) is 0 Å². The maximum absolute atomic E-state index is 5.80. The van der Waals surface area contributed by atoms with E-state index >= 15 is 0 Å². The van der Waals surface area contributed by atoms with Gasteiger partial charge in [0.25, 0.3) is 0 Å². The van der Waals surface area contributed by atoms with Gasteiger partial charge in [0, 0.05) is 19.0 Å². The summed E-state index contributed by atoms with van der Waals surface area (Å²) >= 11 is 0. The van der Waals surface area contributed by atoms with Crippen LogP contribution in [0.4, 0.5) is 0 Å². The second kappa shape index (κ2) is 6.28. The average Bonchev–Trinajstić information content (AvgIpc) is 2.81. The lowest BCUT2D eigenvalue weighted by Crippen LogP contribution is -2.26. The minimum absolute atomic E-state index is 0.301. The van der Waals surface area contributed by atoms with Crippen molar-refractivity contribution in [2.45, 2.75) is 19.4 Å². The monoisotopic (exact) mass is 246 g/mol. The summed E-state index contributed by atoms with van der Waals surface area (Å²) in [5.41, 5.74) is 7.04. The van der Waals surface area contributed by atoms with Crippen LogP contribution in [0.5, 0.6) is 0 Å². The molecule has 1 heterocycles. The molecule has 5 nitrogen and oxygen atoms in total.